The molecule has 1 aliphatic carbocycles. The number of nitrogens with zero attached hydrogens (tertiary/aromatic N) is 1. The molecule has 24 heavy (non-hydrogen) atoms. The van der Waals surface area contributed by atoms with Gasteiger partial charge in [-0.1, -0.05) is 62.4 Å². The first-order chi connectivity index (χ1) is 11.7. The molecule has 132 valence electrons. The molecule has 0 saturated heterocycles. The molecule has 1 saturated carbocycles. The van der Waals surface area contributed by atoms with Crippen LogP contribution in [0.5, 0.6) is 0 Å². The second kappa shape index (κ2) is 9.96. The molecule has 0 heterocycles. The van der Waals surface area contributed by atoms with Gasteiger partial charge in [0.05, 0.1) is 0 Å². The second-order valence-electron chi connectivity index (χ2n) is 6.42. The molecular formula is C19H28N2O3. The van der Waals surface area contributed by atoms with Crippen molar-refractivity contribution in [2.24, 2.45) is 0 Å². The van der Waals surface area contributed by atoms with Crippen LogP contribution in [-0.4, -0.2) is 36.5 Å². The van der Waals surface area contributed by atoms with Crippen LogP contribution in [0.2, 0.25) is 0 Å². The first-order valence-electron chi connectivity index (χ1n) is 8.87. The van der Waals surface area contributed by atoms with Crippen LogP contribution in [0.3, 0.4) is 0 Å². The molecule has 0 bridgehead atoms. The normalized spacial score (nSPS) is 15.9. The van der Waals surface area contributed by atoms with Gasteiger partial charge in [-0.15, -0.1) is 0 Å². The fraction of sp³-hybridized carbons (Fsp3) is 0.579. The number of nitrogens with one attached hydrogen (secondary N) is 1. The van der Waals surface area contributed by atoms with E-state index in [1.165, 1.54) is 32.1 Å². The van der Waals surface area contributed by atoms with Gasteiger partial charge in [-0.05, 0) is 18.4 Å². The van der Waals surface area contributed by atoms with E-state index in [1.807, 2.05) is 37.4 Å². The molecule has 0 aliphatic heterocycles. The lowest BCUT2D eigenvalue weighted by Crippen LogP contribution is -2.43. The summed E-state index contributed by atoms with van der Waals surface area (Å²) in [7, 11) is 1.84. The minimum atomic E-state index is -0.557. The van der Waals surface area contributed by atoms with Crippen molar-refractivity contribution in [2.45, 2.75) is 57.6 Å². The zero-order valence-electron chi connectivity index (χ0n) is 14.5. The molecule has 2 rings (SSSR count). The number of benzene rings is 1. The SMILES string of the molecule is CN(C(=O)CNC(=O)OCc1ccccc1)C1CCCCCCC1. The molecule has 1 N–H and O–H groups in total. The molecule has 0 atom stereocenters. The van der Waals surface area contributed by atoms with Crippen LogP contribution in [0.4, 0.5) is 4.79 Å². The van der Waals surface area contributed by atoms with Crippen LogP contribution in [0.25, 0.3) is 0 Å². The number of amides is 2. The first-order valence-corrected chi connectivity index (χ1v) is 8.87. The molecule has 0 unspecified atom stereocenters. The number of carbonyl (C=O) groups excluding carboxylic acids is 2. The Balaban J connectivity index is 1.69. The molecule has 1 aromatic rings. The maximum absolute atomic E-state index is 12.3. The predicted molar refractivity (Wildman–Crippen MR) is 93.5 cm³/mol. The van der Waals surface area contributed by atoms with Crippen molar-refractivity contribution in [3.05, 3.63) is 35.9 Å². The molecule has 0 aromatic heterocycles. The van der Waals surface area contributed by atoms with E-state index in [2.05, 4.69) is 5.32 Å². The van der Waals surface area contributed by atoms with Gasteiger partial charge in [0, 0.05) is 13.1 Å². The topological polar surface area (TPSA) is 58.6 Å². The molecule has 0 radical (unpaired) electrons. The van der Waals surface area contributed by atoms with E-state index in [1.54, 1.807) is 4.90 Å². The largest absolute Gasteiger partial charge is 0.445 e. The maximum Gasteiger partial charge on any atom is 0.407 e. The molecule has 1 fully saturated rings. The highest BCUT2D eigenvalue weighted by molar-refractivity contribution is 5.82. The third-order valence-electron chi connectivity index (χ3n) is 4.61. The number of hydrogen-bond acceptors (Lipinski definition) is 3. The Morgan fingerprint density at radius 1 is 1.08 bits per heavy atom. The van der Waals surface area contributed by atoms with E-state index in [0.717, 1.165) is 18.4 Å². The van der Waals surface area contributed by atoms with Crippen molar-refractivity contribution in [2.75, 3.05) is 13.6 Å². The van der Waals surface area contributed by atoms with Gasteiger partial charge >= 0.3 is 6.09 Å². The highest BCUT2D eigenvalue weighted by atomic mass is 16.5. The minimum absolute atomic E-state index is 0.0133. The van der Waals surface area contributed by atoms with Gasteiger partial charge < -0.3 is 15.0 Å². The summed E-state index contributed by atoms with van der Waals surface area (Å²) in [5.74, 6) is -0.0581. The third-order valence-corrected chi connectivity index (χ3v) is 4.61. The Morgan fingerprint density at radius 3 is 2.38 bits per heavy atom. The van der Waals surface area contributed by atoms with Gasteiger partial charge in [0.1, 0.15) is 13.2 Å². The Bertz CT molecular complexity index is 511. The van der Waals surface area contributed by atoms with Gasteiger partial charge in [0.25, 0.3) is 0 Å². The zero-order valence-corrected chi connectivity index (χ0v) is 14.5. The smallest absolute Gasteiger partial charge is 0.407 e. The quantitative estimate of drug-likeness (QED) is 0.898. The summed E-state index contributed by atoms with van der Waals surface area (Å²) >= 11 is 0. The van der Waals surface area contributed by atoms with Gasteiger partial charge in [0.15, 0.2) is 0 Å². The van der Waals surface area contributed by atoms with Crippen molar-refractivity contribution >= 4 is 12.0 Å². The maximum atomic E-state index is 12.3. The van der Waals surface area contributed by atoms with Crippen molar-refractivity contribution in [1.82, 2.24) is 10.2 Å². The number of carbonyl (C=O) groups is 2. The van der Waals surface area contributed by atoms with E-state index < -0.39 is 6.09 Å². The van der Waals surface area contributed by atoms with Crippen LogP contribution in [0.1, 0.15) is 50.5 Å². The van der Waals surface area contributed by atoms with Crippen molar-refractivity contribution < 1.29 is 14.3 Å². The molecule has 1 aromatic carbocycles. The minimum Gasteiger partial charge on any atom is -0.445 e. The van der Waals surface area contributed by atoms with E-state index in [-0.39, 0.29) is 19.1 Å². The number of alkyl carbamates (subject to hydrolysis) is 1. The summed E-state index contributed by atoms with van der Waals surface area (Å²) in [5.41, 5.74) is 0.922. The molecule has 0 spiro atoms. The Kier molecular flexibility index (Phi) is 7.59. The number of rotatable bonds is 5. The van der Waals surface area contributed by atoms with Crippen molar-refractivity contribution in [1.29, 1.82) is 0 Å². The first kappa shape index (κ1) is 18.3. The van der Waals surface area contributed by atoms with Crippen LogP contribution in [-0.2, 0) is 16.1 Å². The Labute approximate surface area is 144 Å². The summed E-state index contributed by atoms with van der Waals surface area (Å²) in [6.07, 6.45) is 7.72. The van der Waals surface area contributed by atoms with E-state index in [9.17, 15) is 9.59 Å². The standard InChI is InChI=1S/C19H28N2O3/c1-21(17-12-8-3-2-4-9-13-17)18(22)14-20-19(23)24-15-16-10-6-5-7-11-16/h5-7,10-11,17H,2-4,8-9,12-15H2,1H3,(H,20,23). The highest BCUT2D eigenvalue weighted by Crippen LogP contribution is 2.20. The van der Waals surface area contributed by atoms with Gasteiger partial charge in [-0.25, -0.2) is 4.79 Å². The predicted octanol–water partition coefficient (Wildman–Crippen LogP) is 3.48. The van der Waals surface area contributed by atoms with Crippen LogP contribution >= 0.6 is 0 Å². The van der Waals surface area contributed by atoms with Crippen molar-refractivity contribution in [3.8, 4) is 0 Å². The van der Waals surface area contributed by atoms with Gasteiger partial charge in [0.2, 0.25) is 5.91 Å². The average Bonchev–Trinajstić information content (AvgIpc) is 2.58. The highest BCUT2D eigenvalue weighted by Gasteiger charge is 2.20. The fourth-order valence-electron chi connectivity index (χ4n) is 3.07. The Morgan fingerprint density at radius 2 is 1.71 bits per heavy atom. The lowest BCUT2D eigenvalue weighted by atomic mass is 9.96. The number of ether oxygens (including phenoxy) is 1. The molecule has 2 amide bonds. The van der Waals surface area contributed by atoms with Crippen molar-refractivity contribution in [3.63, 3.8) is 0 Å². The molecular weight excluding hydrogens is 304 g/mol. The van der Waals surface area contributed by atoms with Crippen LogP contribution in [0, 0.1) is 0 Å². The average molecular weight is 332 g/mol. The molecule has 5 heteroatoms. The Hall–Kier alpha value is -2.04. The second-order valence-corrected chi connectivity index (χ2v) is 6.42. The van der Waals surface area contributed by atoms with Crippen LogP contribution in [0.15, 0.2) is 30.3 Å². The summed E-state index contributed by atoms with van der Waals surface area (Å²) < 4.78 is 5.12. The number of likely N-dealkylation sites (N-methyl/N-ethyl adjacent to an activating group) is 1. The lowest BCUT2D eigenvalue weighted by molar-refractivity contribution is -0.131. The van der Waals surface area contributed by atoms with E-state index in [4.69, 9.17) is 4.74 Å². The molecule has 5 nitrogen and oxygen atoms in total. The van der Waals surface area contributed by atoms with E-state index in [0.29, 0.717) is 6.04 Å². The third kappa shape index (κ3) is 6.22. The summed E-state index contributed by atoms with van der Waals surface area (Å²) in [4.78, 5) is 25.8. The lowest BCUT2D eigenvalue weighted by Gasteiger charge is -2.29. The van der Waals surface area contributed by atoms with E-state index >= 15 is 0 Å². The number of hydrogen-bond donors (Lipinski definition) is 1. The fourth-order valence-corrected chi connectivity index (χ4v) is 3.07. The monoisotopic (exact) mass is 332 g/mol. The summed E-state index contributed by atoms with van der Waals surface area (Å²) in [6, 6.07) is 9.77. The van der Waals surface area contributed by atoms with Crippen LogP contribution < -0.4 is 5.32 Å². The summed E-state index contributed by atoms with van der Waals surface area (Å²) in [6.45, 7) is 0.194. The summed E-state index contributed by atoms with van der Waals surface area (Å²) in [5, 5.41) is 2.55. The zero-order chi connectivity index (χ0) is 17.2. The van der Waals surface area contributed by atoms with Gasteiger partial charge in [-0.3, -0.25) is 4.79 Å². The van der Waals surface area contributed by atoms with Gasteiger partial charge in [-0.2, -0.15) is 0 Å². The molecule has 1 aliphatic rings.